The molecule has 1 N–H and O–H groups in total. The Kier molecular flexibility index (Phi) is 6.49. The van der Waals surface area contributed by atoms with Crippen molar-refractivity contribution in [2.75, 3.05) is 17.7 Å². The van der Waals surface area contributed by atoms with Crippen LogP contribution in [0.5, 0.6) is 5.75 Å². The van der Waals surface area contributed by atoms with E-state index in [-0.39, 0.29) is 11.9 Å². The van der Waals surface area contributed by atoms with Crippen molar-refractivity contribution in [3.8, 4) is 5.75 Å². The smallest absolute Gasteiger partial charge is 0.244 e. The highest BCUT2D eigenvalue weighted by molar-refractivity contribution is 7.92. The molecule has 0 aliphatic carbocycles. The predicted octanol–water partition coefficient (Wildman–Crippen LogP) is 3.04. The van der Waals surface area contributed by atoms with Gasteiger partial charge in [0.1, 0.15) is 11.8 Å². The molecule has 0 fully saturated rings. The van der Waals surface area contributed by atoms with E-state index in [2.05, 4.69) is 5.32 Å². The molecule has 0 aliphatic heterocycles. The molecule has 0 unspecified atom stereocenters. The number of benzene rings is 2. The summed E-state index contributed by atoms with van der Waals surface area (Å²) in [6.07, 6.45) is 1.10. The maximum atomic E-state index is 12.7. The lowest BCUT2D eigenvalue weighted by Gasteiger charge is -2.29. The molecule has 0 aliphatic rings. The van der Waals surface area contributed by atoms with Crippen molar-refractivity contribution in [3.63, 3.8) is 0 Å². The number of amides is 1. The van der Waals surface area contributed by atoms with Crippen LogP contribution in [-0.4, -0.2) is 33.7 Å². The lowest BCUT2D eigenvalue weighted by molar-refractivity contribution is -0.122. The summed E-state index contributed by atoms with van der Waals surface area (Å²) in [5.41, 5.74) is 2.37. The number of nitrogens with zero attached hydrogens (tertiary/aromatic N) is 1. The van der Waals surface area contributed by atoms with E-state index < -0.39 is 16.1 Å². The van der Waals surface area contributed by atoms with Gasteiger partial charge in [-0.25, -0.2) is 8.42 Å². The van der Waals surface area contributed by atoms with Crippen LogP contribution in [0.3, 0.4) is 0 Å². The Bertz CT molecular complexity index is 877. The number of carbonyl (C=O) groups excluding carboxylic acids is 1. The van der Waals surface area contributed by atoms with Gasteiger partial charge in [-0.05, 0) is 50.6 Å². The molecule has 2 rings (SSSR count). The van der Waals surface area contributed by atoms with E-state index in [9.17, 15) is 13.2 Å². The lowest BCUT2D eigenvalue weighted by atomic mass is 10.1. The molecular weight excluding hydrogens is 364 g/mol. The minimum atomic E-state index is -3.63. The van der Waals surface area contributed by atoms with E-state index in [0.29, 0.717) is 5.69 Å². The summed E-state index contributed by atoms with van der Waals surface area (Å²) in [5.74, 6) is 0.359. The van der Waals surface area contributed by atoms with Gasteiger partial charge in [0, 0.05) is 0 Å². The van der Waals surface area contributed by atoms with Crippen LogP contribution in [0.15, 0.2) is 48.5 Å². The molecule has 2 atom stereocenters. The minimum absolute atomic E-state index is 0.273. The molecule has 146 valence electrons. The maximum absolute atomic E-state index is 12.7. The Labute approximate surface area is 161 Å². The van der Waals surface area contributed by atoms with Gasteiger partial charge >= 0.3 is 0 Å². The highest BCUT2D eigenvalue weighted by atomic mass is 32.2. The second kappa shape index (κ2) is 8.43. The van der Waals surface area contributed by atoms with Crippen LogP contribution in [0, 0.1) is 6.92 Å². The SMILES string of the molecule is COc1ccc([C@@H](C)NC(=O)[C@H](C)N(c2ccc(C)cc2)S(C)(=O)=O)cc1. The zero-order valence-corrected chi connectivity index (χ0v) is 17.1. The summed E-state index contributed by atoms with van der Waals surface area (Å²) >= 11 is 0. The van der Waals surface area contributed by atoms with Gasteiger partial charge in [0.15, 0.2) is 0 Å². The van der Waals surface area contributed by atoms with E-state index in [1.54, 1.807) is 26.2 Å². The fourth-order valence-electron chi connectivity index (χ4n) is 2.81. The van der Waals surface area contributed by atoms with Gasteiger partial charge < -0.3 is 10.1 Å². The van der Waals surface area contributed by atoms with Crippen molar-refractivity contribution in [2.24, 2.45) is 0 Å². The van der Waals surface area contributed by atoms with E-state index >= 15 is 0 Å². The molecule has 0 bridgehead atoms. The third-order valence-electron chi connectivity index (χ3n) is 4.35. The Hall–Kier alpha value is -2.54. The molecule has 6 nitrogen and oxygen atoms in total. The van der Waals surface area contributed by atoms with Crippen LogP contribution >= 0.6 is 0 Å². The van der Waals surface area contributed by atoms with Crippen LogP contribution in [0.2, 0.25) is 0 Å². The molecule has 0 saturated carbocycles. The first-order chi connectivity index (χ1) is 12.6. The second-order valence-corrected chi connectivity index (χ2v) is 8.43. The number of carbonyl (C=O) groups is 1. The summed E-state index contributed by atoms with van der Waals surface area (Å²) in [4.78, 5) is 12.7. The van der Waals surface area contributed by atoms with Crippen molar-refractivity contribution < 1.29 is 17.9 Å². The number of ether oxygens (including phenoxy) is 1. The van der Waals surface area contributed by atoms with Gasteiger partial charge in [0.05, 0.1) is 25.1 Å². The normalized spacial score (nSPS) is 13.5. The number of nitrogens with one attached hydrogen (secondary N) is 1. The Morgan fingerprint density at radius 3 is 2.07 bits per heavy atom. The first kappa shape index (κ1) is 20.8. The topological polar surface area (TPSA) is 75.7 Å². The Morgan fingerprint density at radius 2 is 1.59 bits per heavy atom. The average Bonchev–Trinajstić information content (AvgIpc) is 2.62. The van der Waals surface area contributed by atoms with Gasteiger partial charge in [-0.1, -0.05) is 29.8 Å². The Balaban J connectivity index is 2.20. The molecule has 27 heavy (non-hydrogen) atoms. The van der Waals surface area contributed by atoms with Crippen LogP contribution < -0.4 is 14.4 Å². The molecule has 7 heteroatoms. The van der Waals surface area contributed by atoms with Gasteiger partial charge in [-0.3, -0.25) is 9.10 Å². The maximum Gasteiger partial charge on any atom is 0.244 e. The van der Waals surface area contributed by atoms with Crippen molar-refractivity contribution in [1.82, 2.24) is 5.32 Å². The molecule has 0 heterocycles. The molecule has 0 radical (unpaired) electrons. The van der Waals surface area contributed by atoms with Crippen molar-refractivity contribution in [3.05, 3.63) is 59.7 Å². The Morgan fingerprint density at radius 1 is 1.04 bits per heavy atom. The number of anilines is 1. The summed E-state index contributed by atoms with van der Waals surface area (Å²) in [6.45, 7) is 5.35. The van der Waals surface area contributed by atoms with E-state index in [1.807, 2.05) is 50.2 Å². The molecule has 0 spiro atoms. The first-order valence-electron chi connectivity index (χ1n) is 8.64. The number of aryl methyl sites for hydroxylation is 1. The van der Waals surface area contributed by atoms with Crippen molar-refractivity contribution >= 4 is 21.6 Å². The molecule has 2 aromatic carbocycles. The first-order valence-corrected chi connectivity index (χ1v) is 10.5. The van der Waals surface area contributed by atoms with E-state index in [0.717, 1.165) is 27.4 Å². The summed E-state index contributed by atoms with van der Waals surface area (Å²) < 4.78 is 30.9. The second-order valence-electron chi connectivity index (χ2n) is 6.57. The minimum Gasteiger partial charge on any atom is -0.497 e. The largest absolute Gasteiger partial charge is 0.497 e. The lowest BCUT2D eigenvalue weighted by Crippen LogP contribution is -2.48. The van der Waals surface area contributed by atoms with Crippen molar-refractivity contribution in [2.45, 2.75) is 32.9 Å². The summed E-state index contributed by atoms with van der Waals surface area (Å²) in [7, 11) is -2.04. The molecule has 0 saturated heterocycles. The number of sulfonamides is 1. The monoisotopic (exact) mass is 390 g/mol. The molecule has 1 amide bonds. The highest BCUT2D eigenvalue weighted by Gasteiger charge is 2.29. The van der Waals surface area contributed by atoms with Gasteiger partial charge in [0.25, 0.3) is 0 Å². The quantitative estimate of drug-likeness (QED) is 0.788. The van der Waals surface area contributed by atoms with E-state index in [4.69, 9.17) is 4.74 Å². The third kappa shape index (κ3) is 5.23. The average molecular weight is 391 g/mol. The standard InChI is InChI=1S/C20H26N2O4S/c1-14-6-10-18(11-7-14)22(27(5,24)25)16(3)20(23)21-15(2)17-8-12-19(26-4)13-9-17/h6-13,15-16H,1-5H3,(H,21,23)/t15-,16+/m1/s1. The highest BCUT2D eigenvalue weighted by Crippen LogP contribution is 2.22. The van der Waals surface area contributed by atoms with Gasteiger partial charge in [0.2, 0.25) is 15.9 Å². The molecule has 2 aromatic rings. The number of hydrogen-bond donors (Lipinski definition) is 1. The zero-order valence-electron chi connectivity index (χ0n) is 16.3. The van der Waals surface area contributed by atoms with Crippen LogP contribution in [0.4, 0.5) is 5.69 Å². The van der Waals surface area contributed by atoms with Crippen molar-refractivity contribution in [1.29, 1.82) is 0 Å². The fourth-order valence-corrected chi connectivity index (χ4v) is 3.99. The van der Waals surface area contributed by atoms with Crippen LogP contribution in [0.1, 0.15) is 31.0 Å². The van der Waals surface area contributed by atoms with Gasteiger partial charge in [-0.2, -0.15) is 0 Å². The van der Waals surface area contributed by atoms with E-state index in [1.165, 1.54) is 0 Å². The fraction of sp³-hybridized carbons (Fsp3) is 0.350. The number of hydrogen-bond acceptors (Lipinski definition) is 4. The zero-order chi connectivity index (χ0) is 20.2. The number of methoxy groups -OCH3 is 1. The number of rotatable bonds is 7. The molecule has 0 aromatic heterocycles. The molecular formula is C20H26N2O4S. The van der Waals surface area contributed by atoms with Crippen LogP contribution in [-0.2, 0) is 14.8 Å². The predicted molar refractivity (Wildman–Crippen MR) is 108 cm³/mol. The third-order valence-corrected chi connectivity index (χ3v) is 5.59. The van der Waals surface area contributed by atoms with Gasteiger partial charge in [-0.15, -0.1) is 0 Å². The summed E-state index contributed by atoms with van der Waals surface area (Å²) in [5, 5.41) is 2.88. The van der Waals surface area contributed by atoms with Crippen LogP contribution in [0.25, 0.3) is 0 Å². The summed E-state index contributed by atoms with van der Waals surface area (Å²) in [6, 6.07) is 13.2.